The Kier molecular flexibility index (Phi) is 1.92. The maximum Gasteiger partial charge on any atom is 0.255 e. The van der Waals surface area contributed by atoms with E-state index in [1.807, 2.05) is 0 Å². The zero-order valence-electron chi connectivity index (χ0n) is 8.42. The summed E-state index contributed by atoms with van der Waals surface area (Å²) in [6.45, 7) is 1.42. The second kappa shape index (κ2) is 3.41. The van der Waals surface area contributed by atoms with E-state index in [0.717, 1.165) is 6.54 Å². The van der Waals surface area contributed by atoms with Gasteiger partial charge in [0.05, 0.1) is 11.4 Å². The average Bonchev–Trinajstić information content (AvgIpc) is 2.79. The van der Waals surface area contributed by atoms with Gasteiger partial charge in [0.1, 0.15) is 6.33 Å². The van der Waals surface area contributed by atoms with Gasteiger partial charge in [-0.25, -0.2) is 15.0 Å². The first-order valence-electron chi connectivity index (χ1n) is 4.97. The van der Waals surface area contributed by atoms with Crippen LogP contribution in [0.3, 0.4) is 0 Å². The molecule has 0 bridgehead atoms. The molecular formula is C10H9N5O. The van der Waals surface area contributed by atoms with Crippen LogP contribution in [0.5, 0.6) is 0 Å². The standard InChI is InChI=1S/C10H9N5O/c16-9-5-8(7-1-2-11-6-13-7)14-10-12-3-4-15(9)10/h1-2,5-6H,3-4H2,(H,12,14). The monoisotopic (exact) mass is 215 g/mol. The van der Waals surface area contributed by atoms with Crippen molar-refractivity contribution in [2.75, 3.05) is 11.9 Å². The summed E-state index contributed by atoms with van der Waals surface area (Å²) < 4.78 is 1.62. The lowest BCUT2D eigenvalue weighted by Crippen LogP contribution is -2.18. The molecule has 0 radical (unpaired) electrons. The van der Waals surface area contributed by atoms with Crippen LogP contribution in [-0.4, -0.2) is 26.1 Å². The summed E-state index contributed by atoms with van der Waals surface area (Å²) in [7, 11) is 0. The molecule has 6 nitrogen and oxygen atoms in total. The van der Waals surface area contributed by atoms with Gasteiger partial charge in [-0.2, -0.15) is 0 Å². The van der Waals surface area contributed by atoms with Gasteiger partial charge >= 0.3 is 0 Å². The van der Waals surface area contributed by atoms with E-state index in [1.54, 1.807) is 16.8 Å². The molecule has 1 aliphatic rings. The Hall–Kier alpha value is -2.24. The van der Waals surface area contributed by atoms with Gasteiger partial charge in [-0.15, -0.1) is 0 Å². The van der Waals surface area contributed by atoms with Crippen LogP contribution in [0.25, 0.3) is 11.4 Å². The summed E-state index contributed by atoms with van der Waals surface area (Å²) in [5, 5.41) is 3.06. The zero-order chi connectivity index (χ0) is 11.0. The van der Waals surface area contributed by atoms with Crippen molar-refractivity contribution in [2.24, 2.45) is 0 Å². The highest BCUT2D eigenvalue weighted by molar-refractivity contribution is 5.55. The topological polar surface area (TPSA) is 72.7 Å². The van der Waals surface area contributed by atoms with E-state index in [4.69, 9.17) is 0 Å². The Balaban J connectivity index is 2.17. The van der Waals surface area contributed by atoms with Crippen molar-refractivity contribution < 1.29 is 0 Å². The molecule has 1 N–H and O–H groups in total. The lowest BCUT2D eigenvalue weighted by atomic mass is 10.3. The molecule has 0 aliphatic carbocycles. The number of nitrogens with zero attached hydrogens (tertiary/aromatic N) is 4. The number of aromatic nitrogens is 4. The summed E-state index contributed by atoms with van der Waals surface area (Å²) in [5.41, 5.74) is 1.18. The molecule has 6 heteroatoms. The molecule has 0 fully saturated rings. The zero-order valence-corrected chi connectivity index (χ0v) is 8.42. The maximum atomic E-state index is 11.7. The minimum absolute atomic E-state index is 0.0522. The first kappa shape index (κ1) is 9.02. The van der Waals surface area contributed by atoms with Crippen molar-refractivity contribution in [1.82, 2.24) is 19.5 Å². The SMILES string of the molecule is O=c1cc(-c2ccncn2)nc2n1CCN2. The predicted octanol–water partition coefficient (Wildman–Crippen LogP) is 0.126. The Bertz CT molecular complexity index is 578. The van der Waals surface area contributed by atoms with Gasteiger partial charge in [-0.3, -0.25) is 9.36 Å². The number of rotatable bonds is 1. The molecule has 0 spiro atoms. The predicted molar refractivity (Wildman–Crippen MR) is 58.0 cm³/mol. The Morgan fingerprint density at radius 3 is 3.12 bits per heavy atom. The van der Waals surface area contributed by atoms with Gasteiger partial charge in [0.25, 0.3) is 5.56 Å². The van der Waals surface area contributed by atoms with E-state index in [-0.39, 0.29) is 5.56 Å². The highest BCUT2D eigenvalue weighted by Crippen LogP contribution is 2.15. The molecule has 2 aromatic rings. The van der Waals surface area contributed by atoms with Crippen LogP contribution in [0.1, 0.15) is 0 Å². The van der Waals surface area contributed by atoms with Crippen molar-refractivity contribution in [1.29, 1.82) is 0 Å². The van der Waals surface area contributed by atoms with E-state index in [2.05, 4.69) is 20.3 Å². The minimum atomic E-state index is -0.0522. The van der Waals surface area contributed by atoms with Crippen molar-refractivity contribution in [2.45, 2.75) is 6.54 Å². The van der Waals surface area contributed by atoms with E-state index < -0.39 is 0 Å². The average molecular weight is 215 g/mol. The number of hydrogen-bond acceptors (Lipinski definition) is 5. The lowest BCUT2D eigenvalue weighted by Gasteiger charge is -2.03. The second-order valence-electron chi connectivity index (χ2n) is 3.48. The number of nitrogens with one attached hydrogen (secondary N) is 1. The molecule has 0 saturated heterocycles. The molecule has 1 aliphatic heterocycles. The fourth-order valence-electron chi connectivity index (χ4n) is 1.71. The third kappa shape index (κ3) is 1.35. The molecule has 80 valence electrons. The van der Waals surface area contributed by atoms with E-state index in [1.165, 1.54) is 12.4 Å². The summed E-state index contributed by atoms with van der Waals surface area (Å²) in [6, 6.07) is 3.23. The van der Waals surface area contributed by atoms with Crippen molar-refractivity contribution in [3.63, 3.8) is 0 Å². The highest BCUT2D eigenvalue weighted by atomic mass is 16.1. The molecule has 0 saturated carbocycles. The Labute approximate surface area is 91.0 Å². The number of fused-ring (bicyclic) bond motifs is 1. The van der Waals surface area contributed by atoms with Crippen molar-refractivity contribution >= 4 is 5.95 Å². The summed E-state index contributed by atoms with van der Waals surface area (Å²) in [4.78, 5) is 24.0. The van der Waals surface area contributed by atoms with Gasteiger partial charge in [-0.1, -0.05) is 0 Å². The summed E-state index contributed by atoms with van der Waals surface area (Å²) >= 11 is 0. The third-order valence-electron chi connectivity index (χ3n) is 2.47. The molecule has 0 atom stereocenters. The molecule has 0 aromatic carbocycles. The second-order valence-corrected chi connectivity index (χ2v) is 3.48. The largest absolute Gasteiger partial charge is 0.354 e. The number of hydrogen-bond donors (Lipinski definition) is 1. The molecule has 0 amide bonds. The van der Waals surface area contributed by atoms with Crippen LogP contribution < -0.4 is 10.9 Å². The van der Waals surface area contributed by atoms with Crippen molar-refractivity contribution in [3.05, 3.63) is 35.0 Å². The highest BCUT2D eigenvalue weighted by Gasteiger charge is 2.14. The van der Waals surface area contributed by atoms with Gasteiger partial charge in [0, 0.05) is 25.4 Å². The van der Waals surface area contributed by atoms with E-state index in [0.29, 0.717) is 23.9 Å². The molecular weight excluding hydrogens is 206 g/mol. The van der Waals surface area contributed by atoms with Gasteiger partial charge in [-0.05, 0) is 6.07 Å². The summed E-state index contributed by atoms with van der Waals surface area (Å²) in [6.07, 6.45) is 3.07. The summed E-state index contributed by atoms with van der Waals surface area (Å²) in [5.74, 6) is 0.612. The fraction of sp³-hybridized carbons (Fsp3) is 0.200. The van der Waals surface area contributed by atoms with Crippen LogP contribution >= 0.6 is 0 Å². The third-order valence-corrected chi connectivity index (χ3v) is 2.47. The van der Waals surface area contributed by atoms with Crippen LogP contribution in [0.4, 0.5) is 5.95 Å². The van der Waals surface area contributed by atoms with E-state index >= 15 is 0 Å². The molecule has 0 unspecified atom stereocenters. The normalized spacial score (nSPS) is 13.2. The first-order valence-corrected chi connectivity index (χ1v) is 4.97. The quantitative estimate of drug-likeness (QED) is 0.731. The molecule has 16 heavy (non-hydrogen) atoms. The van der Waals surface area contributed by atoms with Crippen LogP contribution in [0, 0.1) is 0 Å². The van der Waals surface area contributed by atoms with E-state index in [9.17, 15) is 4.79 Å². The van der Waals surface area contributed by atoms with Gasteiger partial charge in [0.15, 0.2) is 0 Å². The van der Waals surface area contributed by atoms with Crippen molar-refractivity contribution in [3.8, 4) is 11.4 Å². The van der Waals surface area contributed by atoms with Gasteiger partial charge < -0.3 is 5.32 Å². The van der Waals surface area contributed by atoms with Crippen LogP contribution in [-0.2, 0) is 6.54 Å². The van der Waals surface area contributed by atoms with Crippen LogP contribution in [0.2, 0.25) is 0 Å². The van der Waals surface area contributed by atoms with Crippen LogP contribution in [0.15, 0.2) is 29.5 Å². The smallest absolute Gasteiger partial charge is 0.255 e. The van der Waals surface area contributed by atoms with Gasteiger partial charge in [0.2, 0.25) is 5.95 Å². The molecule has 2 aromatic heterocycles. The first-order chi connectivity index (χ1) is 7.84. The molecule has 3 heterocycles. The lowest BCUT2D eigenvalue weighted by molar-refractivity contribution is 0.762. The Morgan fingerprint density at radius 2 is 2.31 bits per heavy atom. The Morgan fingerprint density at radius 1 is 1.38 bits per heavy atom. The fourth-order valence-corrected chi connectivity index (χ4v) is 1.71. The maximum absolute atomic E-state index is 11.7. The minimum Gasteiger partial charge on any atom is -0.354 e. The molecule has 3 rings (SSSR count). The number of anilines is 1.